The van der Waals surface area contributed by atoms with Gasteiger partial charge in [-0.1, -0.05) is 62.4 Å². The normalized spacial score (nSPS) is 13.9. The van der Waals surface area contributed by atoms with Crippen molar-refractivity contribution < 1.29 is 33.8 Å². The summed E-state index contributed by atoms with van der Waals surface area (Å²) in [7, 11) is 1.12. The summed E-state index contributed by atoms with van der Waals surface area (Å²) < 4.78 is 9.96. The molecule has 0 radical (unpaired) electrons. The first-order valence-corrected chi connectivity index (χ1v) is 10.9. The van der Waals surface area contributed by atoms with Gasteiger partial charge in [0.2, 0.25) is 5.91 Å². The van der Waals surface area contributed by atoms with Crippen LogP contribution in [0.5, 0.6) is 0 Å². The molecule has 0 fully saturated rings. The molecule has 2 amide bonds. The maximum Gasteiger partial charge on any atom is 0.407 e. The van der Waals surface area contributed by atoms with Crippen molar-refractivity contribution in [3.63, 3.8) is 0 Å². The summed E-state index contributed by atoms with van der Waals surface area (Å²) in [6.07, 6.45) is -1.33. The number of fused-ring (bicyclic) bond motifs is 3. The highest BCUT2D eigenvalue weighted by atomic mass is 16.5. The topological polar surface area (TPSA) is 131 Å². The number of carbonyl (C=O) groups is 4. The van der Waals surface area contributed by atoms with Gasteiger partial charge in [-0.25, -0.2) is 9.59 Å². The van der Waals surface area contributed by atoms with E-state index in [2.05, 4.69) is 15.4 Å². The number of hydrogen-bond acceptors (Lipinski definition) is 6. The standard InChI is InChI=1S/C25H28N2O7/c1-14(2)22(23(29)26-20(24(30)31)12-21(28)33-3)27-25(32)34-13-19-17-10-6-4-8-15(17)16-9-5-7-11-18(16)19/h4-11,14,19-20,22H,12-13H2,1-3H3,(H,26,29)(H,27,32)(H,30,31)/t20-,22?/m1/s1. The Kier molecular flexibility index (Phi) is 7.88. The number of rotatable bonds is 9. The van der Waals surface area contributed by atoms with Crippen LogP contribution in [-0.4, -0.2) is 54.8 Å². The summed E-state index contributed by atoms with van der Waals surface area (Å²) in [6, 6.07) is 13.3. The minimum atomic E-state index is -1.48. The van der Waals surface area contributed by atoms with Gasteiger partial charge in [-0.2, -0.15) is 0 Å². The van der Waals surface area contributed by atoms with Crippen LogP contribution in [0.2, 0.25) is 0 Å². The summed E-state index contributed by atoms with van der Waals surface area (Å²) in [4.78, 5) is 48.1. The van der Waals surface area contributed by atoms with Gasteiger partial charge in [0, 0.05) is 5.92 Å². The summed E-state index contributed by atoms with van der Waals surface area (Å²) in [5.74, 6) is -3.41. The van der Waals surface area contributed by atoms with Crippen LogP contribution in [0.25, 0.3) is 11.1 Å². The monoisotopic (exact) mass is 468 g/mol. The van der Waals surface area contributed by atoms with Gasteiger partial charge in [-0.05, 0) is 28.2 Å². The van der Waals surface area contributed by atoms with Gasteiger partial charge in [-0.15, -0.1) is 0 Å². The first-order chi connectivity index (χ1) is 16.2. The Morgan fingerprint density at radius 3 is 2.00 bits per heavy atom. The summed E-state index contributed by atoms with van der Waals surface area (Å²) >= 11 is 0. The van der Waals surface area contributed by atoms with E-state index in [1.54, 1.807) is 13.8 Å². The Morgan fingerprint density at radius 2 is 1.50 bits per heavy atom. The molecule has 34 heavy (non-hydrogen) atoms. The van der Waals surface area contributed by atoms with Crippen LogP contribution < -0.4 is 10.6 Å². The lowest BCUT2D eigenvalue weighted by Gasteiger charge is -2.24. The number of carboxylic acid groups (broad SMARTS) is 1. The smallest absolute Gasteiger partial charge is 0.407 e. The molecule has 0 saturated heterocycles. The number of benzene rings is 2. The zero-order valence-corrected chi connectivity index (χ0v) is 19.2. The third-order valence-electron chi connectivity index (χ3n) is 5.78. The lowest BCUT2D eigenvalue weighted by atomic mass is 9.98. The molecular weight excluding hydrogens is 440 g/mol. The summed E-state index contributed by atoms with van der Waals surface area (Å²) in [5, 5.41) is 14.1. The summed E-state index contributed by atoms with van der Waals surface area (Å²) in [5.41, 5.74) is 4.30. The Hall–Kier alpha value is -3.88. The molecule has 9 heteroatoms. The van der Waals surface area contributed by atoms with Crippen molar-refractivity contribution >= 4 is 23.9 Å². The molecule has 2 aromatic carbocycles. The van der Waals surface area contributed by atoms with E-state index in [0.717, 1.165) is 29.4 Å². The zero-order chi connectivity index (χ0) is 24.8. The van der Waals surface area contributed by atoms with Gasteiger partial charge in [0.05, 0.1) is 13.5 Å². The molecule has 3 N–H and O–H groups in total. The van der Waals surface area contributed by atoms with Crippen LogP contribution in [-0.2, 0) is 23.9 Å². The van der Waals surface area contributed by atoms with E-state index in [-0.39, 0.29) is 18.4 Å². The fourth-order valence-electron chi connectivity index (χ4n) is 4.01. The van der Waals surface area contributed by atoms with Gasteiger partial charge in [0.25, 0.3) is 0 Å². The number of esters is 1. The number of carboxylic acids is 1. The molecule has 0 heterocycles. The molecule has 0 saturated carbocycles. The number of alkyl carbamates (subject to hydrolysis) is 1. The van der Waals surface area contributed by atoms with Crippen LogP contribution in [0.1, 0.15) is 37.3 Å². The molecule has 0 aliphatic heterocycles. The number of ether oxygens (including phenoxy) is 2. The van der Waals surface area contributed by atoms with E-state index in [9.17, 15) is 24.3 Å². The lowest BCUT2D eigenvalue weighted by molar-refractivity contribution is -0.149. The molecule has 1 aliphatic rings. The van der Waals surface area contributed by atoms with Crippen molar-refractivity contribution in [3.8, 4) is 11.1 Å². The molecule has 0 spiro atoms. The zero-order valence-electron chi connectivity index (χ0n) is 19.2. The van der Waals surface area contributed by atoms with Gasteiger partial charge >= 0.3 is 18.0 Å². The highest BCUT2D eigenvalue weighted by molar-refractivity contribution is 5.91. The Bertz CT molecular complexity index is 1040. The molecule has 2 atom stereocenters. The molecule has 9 nitrogen and oxygen atoms in total. The van der Waals surface area contributed by atoms with E-state index in [0.29, 0.717) is 0 Å². The van der Waals surface area contributed by atoms with E-state index in [4.69, 9.17) is 4.74 Å². The van der Waals surface area contributed by atoms with Crippen LogP contribution >= 0.6 is 0 Å². The van der Waals surface area contributed by atoms with Gasteiger partial charge < -0.3 is 25.2 Å². The number of methoxy groups -OCH3 is 1. The number of carbonyl (C=O) groups excluding carboxylic acids is 3. The molecule has 3 rings (SSSR count). The second-order valence-corrected chi connectivity index (χ2v) is 8.37. The molecule has 0 aromatic heterocycles. The van der Waals surface area contributed by atoms with Gasteiger partial charge in [0.1, 0.15) is 18.7 Å². The first kappa shape index (κ1) is 24.8. The first-order valence-electron chi connectivity index (χ1n) is 10.9. The second kappa shape index (κ2) is 10.8. The predicted octanol–water partition coefficient (Wildman–Crippen LogP) is 2.68. The average Bonchev–Trinajstić information content (AvgIpc) is 3.14. The highest BCUT2D eigenvalue weighted by Crippen LogP contribution is 2.44. The Labute approximate surface area is 197 Å². The highest BCUT2D eigenvalue weighted by Gasteiger charge is 2.32. The molecule has 1 aliphatic carbocycles. The number of nitrogens with one attached hydrogen (secondary N) is 2. The molecule has 180 valence electrons. The maximum atomic E-state index is 12.7. The minimum absolute atomic E-state index is 0.0758. The van der Waals surface area contributed by atoms with Gasteiger partial charge in [0.15, 0.2) is 0 Å². The molecule has 0 bridgehead atoms. The largest absolute Gasteiger partial charge is 0.480 e. The third kappa shape index (κ3) is 5.54. The Balaban J connectivity index is 1.65. The van der Waals surface area contributed by atoms with Crippen molar-refractivity contribution in [1.82, 2.24) is 10.6 Å². The SMILES string of the molecule is COC(=O)C[C@@H](NC(=O)C(NC(=O)OCC1c2ccccc2-c2ccccc21)C(C)C)C(=O)O. The summed E-state index contributed by atoms with van der Waals surface area (Å²) in [6.45, 7) is 3.47. The van der Waals surface area contributed by atoms with E-state index in [1.807, 2.05) is 48.5 Å². The number of amides is 2. The second-order valence-electron chi connectivity index (χ2n) is 8.37. The van der Waals surface area contributed by atoms with E-state index < -0.39 is 42.4 Å². The maximum absolute atomic E-state index is 12.7. The van der Waals surface area contributed by atoms with E-state index in [1.165, 1.54) is 0 Å². The lowest BCUT2D eigenvalue weighted by Crippen LogP contribution is -2.54. The quantitative estimate of drug-likeness (QED) is 0.482. The van der Waals surface area contributed by atoms with Crippen molar-refractivity contribution in [2.75, 3.05) is 13.7 Å². The van der Waals surface area contributed by atoms with Crippen LogP contribution in [0.3, 0.4) is 0 Å². The van der Waals surface area contributed by atoms with Crippen molar-refractivity contribution in [2.24, 2.45) is 5.92 Å². The van der Waals surface area contributed by atoms with Crippen LogP contribution in [0.4, 0.5) is 4.79 Å². The van der Waals surface area contributed by atoms with Crippen LogP contribution in [0, 0.1) is 5.92 Å². The number of aliphatic carboxylic acids is 1. The van der Waals surface area contributed by atoms with Crippen molar-refractivity contribution in [1.29, 1.82) is 0 Å². The minimum Gasteiger partial charge on any atom is -0.480 e. The van der Waals surface area contributed by atoms with Crippen molar-refractivity contribution in [2.45, 2.75) is 38.3 Å². The third-order valence-corrected chi connectivity index (χ3v) is 5.78. The van der Waals surface area contributed by atoms with Crippen molar-refractivity contribution in [3.05, 3.63) is 59.7 Å². The predicted molar refractivity (Wildman–Crippen MR) is 123 cm³/mol. The van der Waals surface area contributed by atoms with Gasteiger partial charge in [-0.3, -0.25) is 9.59 Å². The van der Waals surface area contributed by atoms with E-state index >= 15 is 0 Å². The molecule has 2 aromatic rings. The molecular formula is C25H28N2O7. The van der Waals surface area contributed by atoms with Crippen LogP contribution in [0.15, 0.2) is 48.5 Å². The Morgan fingerprint density at radius 1 is 0.941 bits per heavy atom. The molecule has 1 unspecified atom stereocenters. The average molecular weight is 469 g/mol. The fourth-order valence-corrected chi connectivity index (χ4v) is 4.01. The fraction of sp³-hybridized carbons (Fsp3) is 0.360. The number of hydrogen-bond donors (Lipinski definition) is 3.